The van der Waals surface area contributed by atoms with Crippen molar-refractivity contribution in [3.05, 3.63) is 65.2 Å². The smallest absolute Gasteiger partial charge is 0.231 e. The number of ketones is 1. The molecule has 35 heavy (non-hydrogen) atoms. The van der Waals surface area contributed by atoms with Crippen molar-refractivity contribution in [3.8, 4) is 11.8 Å². The fourth-order valence-corrected chi connectivity index (χ4v) is 6.37. The van der Waals surface area contributed by atoms with Gasteiger partial charge in [0.1, 0.15) is 5.78 Å². The van der Waals surface area contributed by atoms with Crippen molar-refractivity contribution in [2.24, 2.45) is 0 Å². The van der Waals surface area contributed by atoms with Crippen LogP contribution in [0.3, 0.4) is 0 Å². The number of nitrogens with zero attached hydrogens (tertiary/aromatic N) is 1. The predicted molar refractivity (Wildman–Crippen MR) is 149 cm³/mol. The Balaban J connectivity index is 1.50. The molecule has 2 amide bonds. The third-order valence-electron chi connectivity index (χ3n) is 5.47. The van der Waals surface area contributed by atoms with E-state index >= 15 is 0 Å². The van der Waals surface area contributed by atoms with Gasteiger partial charge in [0.05, 0.1) is 12.2 Å². The maximum absolute atomic E-state index is 13.2. The largest absolute Gasteiger partial charge is 0.307 e. The summed E-state index contributed by atoms with van der Waals surface area (Å²) in [6, 6.07) is 15.5. The van der Waals surface area contributed by atoms with Crippen molar-refractivity contribution in [3.63, 3.8) is 0 Å². The standard InChI is InChI=1S/C27H30N2O3S3/c1-27(2,18-25(31)28-33)35-34-17-7-11-23(30)15-16-26(32)29-19-22-10-4-3-8-20(22)13-14-21-9-5-6-12-24(21)29/h3-6,8-10,12,33H,7,11,15-19H2,1-2H3,(H,28,31). The van der Waals surface area contributed by atoms with Gasteiger partial charge in [-0.25, -0.2) is 0 Å². The van der Waals surface area contributed by atoms with Gasteiger partial charge in [-0.15, -0.1) is 0 Å². The van der Waals surface area contributed by atoms with Gasteiger partial charge in [-0.05, 0) is 44.0 Å². The second-order valence-electron chi connectivity index (χ2n) is 8.92. The minimum Gasteiger partial charge on any atom is -0.307 e. The number of fused-ring (bicyclic) bond motifs is 2. The van der Waals surface area contributed by atoms with Gasteiger partial charge in [-0.2, -0.15) is 0 Å². The van der Waals surface area contributed by atoms with E-state index in [0.29, 0.717) is 19.4 Å². The zero-order valence-corrected chi connectivity index (χ0v) is 22.5. The average molecular weight is 527 g/mol. The molecule has 2 aromatic carbocycles. The van der Waals surface area contributed by atoms with Crippen LogP contribution >= 0.6 is 34.4 Å². The molecular weight excluding hydrogens is 497 g/mol. The number of benzene rings is 2. The molecule has 0 unspecified atom stereocenters. The quantitative estimate of drug-likeness (QED) is 0.173. The molecule has 0 fully saturated rings. The summed E-state index contributed by atoms with van der Waals surface area (Å²) in [6.45, 7) is 4.46. The van der Waals surface area contributed by atoms with Crippen molar-refractivity contribution in [1.29, 1.82) is 0 Å². The molecule has 0 saturated carbocycles. The van der Waals surface area contributed by atoms with Gasteiger partial charge >= 0.3 is 0 Å². The molecule has 3 rings (SSSR count). The lowest BCUT2D eigenvalue weighted by molar-refractivity contribution is -0.124. The van der Waals surface area contributed by atoms with Crippen LogP contribution in [-0.4, -0.2) is 28.1 Å². The maximum Gasteiger partial charge on any atom is 0.231 e. The lowest BCUT2D eigenvalue weighted by Crippen LogP contribution is -2.32. The van der Waals surface area contributed by atoms with E-state index in [2.05, 4.69) is 29.4 Å². The van der Waals surface area contributed by atoms with E-state index in [1.54, 1.807) is 26.5 Å². The molecule has 0 saturated heterocycles. The molecule has 8 heteroatoms. The number of hydrogen-bond acceptors (Lipinski definition) is 6. The Morgan fingerprint density at radius 2 is 1.69 bits per heavy atom. The number of Topliss-reactive ketones (excluding diaryl/α,β-unsaturated/α-hetero) is 1. The molecule has 2 aromatic rings. The summed E-state index contributed by atoms with van der Waals surface area (Å²) < 4.78 is 2.14. The molecule has 1 N–H and O–H groups in total. The Labute approximate surface area is 221 Å². The van der Waals surface area contributed by atoms with Crippen molar-refractivity contribution in [2.45, 2.75) is 57.2 Å². The van der Waals surface area contributed by atoms with E-state index < -0.39 is 0 Å². The molecular formula is C27H30N2O3S3. The highest BCUT2D eigenvalue weighted by Gasteiger charge is 2.23. The molecule has 0 spiro atoms. The molecule has 0 aliphatic carbocycles. The fourth-order valence-electron chi connectivity index (χ4n) is 3.70. The van der Waals surface area contributed by atoms with E-state index in [1.165, 1.54) is 0 Å². The minimum absolute atomic E-state index is 0.0709. The van der Waals surface area contributed by atoms with Gasteiger partial charge in [0.25, 0.3) is 0 Å². The van der Waals surface area contributed by atoms with Crippen molar-refractivity contribution in [2.75, 3.05) is 10.7 Å². The molecule has 0 atom stereocenters. The van der Waals surface area contributed by atoms with Crippen LogP contribution in [-0.2, 0) is 20.9 Å². The number of amides is 2. The topological polar surface area (TPSA) is 66.5 Å². The van der Waals surface area contributed by atoms with Crippen LogP contribution in [0.5, 0.6) is 0 Å². The normalized spacial score (nSPS) is 12.4. The zero-order valence-electron chi connectivity index (χ0n) is 20.0. The number of hydrogen-bond donors (Lipinski definition) is 2. The molecule has 1 aliphatic heterocycles. The van der Waals surface area contributed by atoms with Crippen molar-refractivity contribution >= 4 is 57.7 Å². The molecule has 1 aliphatic rings. The Morgan fingerprint density at radius 1 is 1.00 bits per heavy atom. The first-order valence-corrected chi connectivity index (χ1v) is 14.3. The van der Waals surface area contributed by atoms with Gasteiger partial charge in [-0.3, -0.25) is 14.4 Å². The van der Waals surface area contributed by atoms with E-state index in [0.717, 1.165) is 34.6 Å². The van der Waals surface area contributed by atoms with Crippen LogP contribution in [0.25, 0.3) is 0 Å². The highest BCUT2D eigenvalue weighted by atomic mass is 33.1. The van der Waals surface area contributed by atoms with E-state index in [1.807, 2.05) is 62.4 Å². The monoisotopic (exact) mass is 526 g/mol. The van der Waals surface area contributed by atoms with Crippen LogP contribution in [0.2, 0.25) is 0 Å². The zero-order chi connectivity index (χ0) is 25.3. The van der Waals surface area contributed by atoms with Crippen molar-refractivity contribution in [1.82, 2.24) is 4.72 Å². The summed E-state index contributed by atoms with van der Waals surface area (Å²) >= 11 is 3.79. The lowest BCUT2D eigenvalue weighted by Gasteiger charge is -2.26. The summed E-state index contributed by atoms with van der Waals surface area (Å²) in [4.78, 5) is 39.0. The maximum atomic E-state index is 13.2. The lowest BCUT2D eigenvalue weighted by atomic mass is 10.0. The van der Waals surface area contributed by atoms with Gasteiger partial charge in [0.2, 0.25) is 11.8 Å². The number of carbonyl (C=O) groups is 3. The number of anilines is 1. The predicted octanol–water partition coefficient (Wildman–Crippen LogP) is 5.57. The van der Waals surface area contributed by atoms with E-state index in [9.17, 15) is 14.4 Å². The number of nitrogens with one attached hydrogen (secondary N) is 1. The van der Waals surface area contributed by atoms with Gasteiger partial charge in [0, 0.05) is 47.3 Å². The van der Waals surface area contributed by atoms with Crippen LogP contribution in [0.1, 0.15) is 62.6 Å². The first-order valence-electron chi connectivity index (χ1n) is 11.5. The summed E-state index contributed by atoms with van der Waals surface area (Å²) in [5.74, 6) is 7.14. The molecule has 184 valence electrons. The molecule has 1 heterocycles. The van der Waals surface area contributed by atoms with Crippen LogP contribution in [0, 0.1) is 11.8 Å². The third kappa shape index (κ3) is 8.38. The first kappa shape index (κ1) is 27.3. The molecule has 0 aromatic heterocycles. The molecule has 0 bridgehead atoms. The second-order valence-corrected chi connectivity index (χ2v) is 12.3. The Bertz CT molecular complexity index is 1140. The number of thiol groups is 1. The molecule has 0 radical (unpaired) electrons. The highest BCUT2D eigenvalue weighted by molar-refractivity contribution is 8.77. The van der Waals surface area contributed by atoms with E-state index in [-0.39, 0.29) is 35.2 Å². The highest BCUT2D eigenvalue weighted by Crippen LogP contribution is 2.38. The van der Waals surface area contributed by atoms with Crippen LogP contribution in [0.4, 0.5) is 5.69 Å². The Morgan fingerprint density at radius 3 is 2.46 bits per heavy atom. The average Bonchev–Trinajstić information content (AvgIpc) is 2.83. The summed E-state index contributed by atoms with van der Waals surface area (Å²) in [6.07, 6.45) is 1.98. The third-order valence-corrected chi connectivity index (χ3v) is 9.10. The van der Waals surface area contributed by atoms with Gasteiger partial charge < -0.3 is 9.62 Å². The van der Waals surface area contributed by atoms with Gasteiger partial charge in [-0.1, -0.05) is 76.6 Å². The number of rotatable bonds is 11. The Kier molecular flexibility index (Phi) is 10.2. The van der Waals surface area contributed by atoms with Crippen molar-refractivity contribution < 1.29 is 14.4 Å². The fraction of sp³-hybridized carbons (Fsp3) is 0.370. The Hall–Kier alpha value is -2.34. The van der Waals surface area contributed by atoms with E-state index in [4.69, 9.17) is 0 Å². The summed E-state index contributed by atoms with van der Waals surface area (Å²) in [5, 5.41) is 0. The number of carbonyl (C=O) groups excluding carboxylic acids is 3. The number of para-hydroxylation sites is 1. The SMILES string of the molecule is CC(C)(CC(=O)NS)SSCCCC(=O)CCC(=O)N1Cc2ccccc2C#Cc2ccccc21. The minimum atomic E-state index is -0.209. The first-order chi connectivity index (χ1) is 16.8. The van der Waals surface area contributed by atoms with Gasteiger partial charge in [0.15, 0.2) is 0 Å². The summed E-state index contributed by atoms with van der Waals surface area (Å²) in [5.41, 5.74) is 3.51. The van der Waals surface area contributed by atoms with Crippen LogP contribution < -0.4 is 9.62 Å². The second kappa shape index (κ2) is 13.1. The molecule has 5 nitrogen and oxygen atoms in total. The summed E-state index contributed by atoms with van der Waals surface area (Å²) in [7, 11) is 3.30. The van der Waals surface area contributed by atoms with Crippen LogP contribution in [0.15, 0.2) is 48.5 Å².